The van der Waals surface area contributed by atoms with Gasteiger partial charge >= 0.3 is 0 Å². The number of aliphatic hydroxyl groups excluding tert-OH is 1. The number of rotatable bonds is 4. The second kappa shape index (κ2) is 5.84. The molecule has 0 aliphatic carbocycles. The maximum absolute atomic E-state index is 10.6. The van der Waals surface area contributed by atoms with Crippen molar-refractivity contribution >= 4 is 0 Å². The molecular formula is C13H27N3O2. The molecule has 0 bridgehead atoms. The molecule has 0 aromatic heterocycles. The lowest BCUT2D eigenvalue weighted by Gasteiger charge is -2.38. The Balaban J connectivity index is 1.93. The number of hydrogen-bond donors (Lipinski definition) is 3. The van der Waals surface area contributed by atoms with E-state index in [1.54, 1.807) is 0 Å². The highest BCUT2D eigenvalue weighted by Crippen LogP contribution is 2.25. The van der Waals surface area contributed by atoms with Crippen LogP contribution in [0.25, 0.3) is 0 Å². The summed E-state index contributed by atoms with van der Waals surface area (Å²) in [5, 5.41) is 23.7. The second-order valence-electron chi connectivity index (χ2n) is 6.21. The molecule has 2 fully saturated rings. The van der Waals surface area contributed by atoms with E-state index in [-0.39, 0.29) is 6.10 Å². The highest BCUT2D eigenvalue weighted by Gasteiger charge is 2.38. The number of aliphatic hydroxyl groups is 2. The number of likely N-dealkylation sites (tertiary alicyclic amines) is 1. The van der Waals surface area contributed by atoms with Crippen molar-refractivity contribution in [3.8, 4) is 0 Å². The molecule has 5 heteroatoms. The van der Waals surface area contributed by atoms with Crippen LogP contribution in [0.1, 0.15) is 19.3 Å². The summed E-state index contributed by atoms with van der Waals surface area (Å²) in [5.41, 5.74) is -0.570. The summed E-state index contributed by atoms with van der Waals surface area (Å²) in [6, 6.07) is 0.369. The predicted octanol–water partition coefficient (Wildman–Crippen LogP) is -0.902. The maximum atomic E-state index is 10.6. The van der Waals surface area contributed by atoms with Gasteiger partial charge in [-0.2, -0.15) is 0 Å². The molecule has 2 heterocycles. The van der Waals surface area contributed by atoms with E-state index < -0.39 is 5.60 Å². The summed E-state index contributed by atoms with van der Waals surface area (Å²) in [7, 11) is 4.12. The summed E-state index contributed by atoms with van der Waals surface area (Å²) >= 11 is 0. The molecule has 0 radical (unpaired) electrons. The van der Waals surface area contributed by atoms with Crippen molar-refractivity contribution in [1.82, 2.24) is 15.1 Å². The summed E-state index contributed by atoms with van der Waals surface area (Å²) in [4.78, 5) is 4.43. The van der Waals surface area contributed by atoms with Gasteiger partial charge in [0.05, 0.1) is 11.7 Å². The van der Waals surface area contributed by atoms with Gasteiger partial charge in [-0.15, -0.1) is 0 Å². The zero-order valence-electron chi connectivity index (χ0n) is 11.6. The van der Waals surface area contributed by atoms with Crippen molar-refractivity contribution < 1.29 is 10.2 Å². The predicted molar refractivity (Wildman–Crippen MR) is 71.6 cm³/mol. The van der Waals surface area contributed by atoms with E-state index in [0.29, 0.717) is 19.1 Å². The third kappa shape index (κ3) is 3.65. The molecule has 0 aromatic carbocycles. The molecule has 2 atom stereocenters. The van der Waals surface area contributed by atoms with Crippen LogP contribution in [-0.4, -0.2) is 84.6 Å². The Morgan fingerprint density at radius 3 is 2.61 bits per heavy atom. The third-order valence-corrected chi connectivity index (χ3v) is 4.11. The summed E-state index contributed by atoms with van der Waals surface area (Å²) in [6.07, 6.45) is 2.22. The van der Waals surface area contributed by atoms with Crippen LogP contribution in [-0.2, 0) is 0 Å². The average molecular weight is 257 g/mol. The van der Waals surface area contributed by atoms with Gasteiger partial charge in [0.25, 0.3) is 0 Å². The van der Waals surface area contributed by atoms with Crippen molar-refractivity contribution in [3.05, 3.63) is 0 Å². The van der Waals surface area contributed by atoms with Crippen LogP contribution in [0.5, 0.6) is 0 Å². The highest BCUT2D eigenvalue weighted by molar-refractivity contribution is 4.94. The zero-order valence-corrected chi connectivity index (χ0v) is 11.6. The Morgan fingerprint density at radius 1 is 1.33 bits per heavy atom. The van der Waals surface area contributed by atoms with Crippen LogP contribution in [0.4, 0.5) is 0 Å². The molecule has 0 amide bonds. The van der Waals surface area contributed by atoms with Gasteiger partial charge in [-0.3, -0.25) is 4.90 Å². The standard InChI is InChI=1S/C13H27N3O2/c1-15(2)8-11-7-12(17)9-16(11)10-13(18)3-5-14-6-4-13/h11-12,14,17-18H,3-10H2,1-2H3. The quantitative estimate of drug-likeness (QED) is 0.609. The molecule has 2 saturated heterocycles. The summed E-state index contributed by atoms with van der Waals surface area (Å²) in [5.74, 6) is 0. The Labute approximate surface area is 110 Å². The van der Waals surface area contributed by atoms with Crippen LogP contribution in [0.15, 0.2) is 0 Å². The molecule has 18 heavy (non-hydrogen) atoms. The Bertz CT molecular complexity index is 267. The highest BCUT2D eigenvalue weighted by atomic mass is 16.3. The minimum atomic E-state index is -0.570. The van der Waals surface area contributed by atoms with E-state index in [2.05, 4.69) is 29.2 Å². The maximum Gasteiger partial charge on any atom is 0.0798 e. The molecule has 2 aliphatic heterocycles. The van der Waals surface area contributed by atoms with Crippen LogP contribution in [0.3, 0.4) is 0 Å². The van der Waals surface area contributed by atoms with Crippen molar-refractivity contribution in [2.45, 2.75) is 37.0 Å². The molecule has 106 valence electrons. The molecule has 3 N–H and O–H groups in total. The van der Waals surface area contributed by atoms with Gasteiger partial charge in [-0.1, -0.05) is 0 Å². The lowest BCUT2D eigenvalue weighted by molar-refractivity contribution is -0.0268. The monoisotopic (exact) mass is 257 g/mol. The Hall–Kier alpha value is -0.200. The molecule has 2 aliphatic rings. The van der Waals surface area contributed by atoms with Gasteiger partial charge in [0.15, 0.2) is 0 Å². The number of nitrogens with zero attached hydrogens (tertiary/aromatic N) is 2. The van der Waals surface area contributed by atoms with Crippen molar-refractivity contribution in [2.24, 2.45) is 0 Å². The van der Waals surface area contributed by atoms with E-state index in [0.717, 1.165) is 38.9 Å². The number of β-amino-alcohol motifs (C(OH)–C–C–N with tert-alkyl or cyclic N) is 2. The molecule has 2 rings (SSSR count). The van der Waals surface area contributed by atoms with E-state index in [1.807, 2.05) is 0 Å². The first-order valence-electron chi connectivity index (χ1n) is 6.98. The first-order chi connectivity index (χ1) is 8.48. The Kier molecular flexibility index (Phi) is 4.61. The fraction of sp³-hybridized carbons (Fsp3) is 1.00. The topological polar surface area (TPSA) is 59.0 Å². The zero-order chi connectivity index (χ0) is 13.2. The second-order valence-corrected chi connectivity index (χ2v) is 6.21. The fourth-order valence-electron chi connectivity index (χ4n) is 3.19. The first kappa shape index (κ1) is 14.2. The minimum Gasteiger partial charge on any atom is -0.392 e. The SMILES string of the molecule is CN(C)CC1CC(O)CN1CC1(O)CCNCC1. The molecule has 0 spiro atoms. The summed E-state index contributed by atoms with van der Waals surface area (Å²) in [6.45, 7) is 4.14. The van der Waals surface area contributed by atoms with Crippen LogP contribution >= 0.6 is 0 Å². The third-order valence-electron chi connectivity index (χ3n) is 4.11. The summed E-state index contributed by atoms with van der Waals surface area (Å²) < 4.78 is 0. The van der Waals surface area contributed by atoms with Gasteiger partial charge in [-0.05, 0) is 46.4 Å². The molecule has 2 unspecified atom stereocenters. The van der Waals surface area contributed by atoms with Gasteiger partial charge in [-0.25, -0.2) is 0 Å². The van der Waals surface area contributed by atoms with Gasteiger partial charge in [0.1, 0.15) is 0 Å². The van der Waals surface area contributed by atoms with Crippen molar-refractivity contribution in [3.63, 3.8) is 0 Å². The van der Waals surface area contributed by atoms with Crippen LogP contribution in [0.2, 0.25) is 0 Å². The minimum absolute atomic E-state index is 0.236. The van der Waals surface area contributed by atoms with Crippen molar-refractivity contribution in [2.75, 3.05) is 46.8 Å². The fourth-order valence-corrected chi connectivity index (χ4v) is 3.19. The normalized spacial score (nSPS) is 33.2. The smallest absolute Gasteiger partial charge is 0.0798 e. The molecule has 0 saturated carbocycles. The largest absolute Gasteiger partial charge is 0.392 e. The Morgan fingerprint density at radius 2 is 2.00 bits per heavy atom. The molecular weight excluding hydrogens is 230 g/mol. The van der Waals surface area contributed by atoms with E-state index in [9.17, 15) is 10.2 Å². The van der Waals surface area contributed by atoms with E-state index in [4.69, 9.17) is 0 Å². The van der Waals surface area contributed by atoms with Gasteiger partial charge in [0, 0.05) is 25.7 Å². The van der Waals surface area contributed by atoms with Crippen molar-refractivity contribution in [1.29, 1.82) is 0 Å². The average Bonchev–Trinajstić information content (AvgIpc) is 2.58. The number of likely N-dealkylation sites (N-methyl/N-ethyl adjacent to an activating group) is 1. The van der Waals surface area contributed by atoms with Gasteiger partial charge in [0.2, 0.25) is 0 Å². The lowest BCUT2D eigenvalue weighted by atomic mass is 9.91. The number of nitrogens with one attached hydrogen (secondary N) is 1. The molecule has 0 aromatic rings. The van der Waals surface area contributed by atoms with E-state index >= 15 is 0 Å². The number of hydrogen-bond acceptors (Lipinski definition) is 5. The molecule has 5 nitrogen and oxygen atoms in total. The van der Waals surface area contributed by atoms with Gasteiger partial charge < -0.3 is 20.4 Å². The van der Waals surface area contributed by atoms with Crippen LogP contribution < -0.4 is 5.32 Å². The number of piperidine rings is 1. The lowest BCUT2D eigenvalue weighted by Crippen LogP contribution is -2.52. The van der Waals surface area contributed by atoms with E-state index in [1.165, 1.54) is 0 Å². The first-order valence-corrected chi connectivity index (χ1v) is 6.98. The van der Waals surface area contributed by atoms with Crippen LogP contribution in [0, 0.1) is 0 Å².